The molecule has 2 fully saturated rings. The van der Waals surface area contributed by atoms with Gasteiger partial charge in [0.2, 0.25) is 27.6 Å². The number of benzene rings is 2. The molecule has 0 radical (unpaired) electrons. The first-order valence-electron chi connectivity index (χ1n) is 11.2. The second-order valence-corrected chi connectivity index (χ2v) is 10.6. The van der Waals surface area contributed by atoms with Crippen molar-refractivity contribution < 1.29 is 17.7 Å². The van der Waals surface area contributed by atoms with Crippen molar-refractivity contribution in [3.8, 4) is 11.4 Å². The number of nitrogens with zero attached hydrogens (tertiary/aromatic N) is 4. The number of rotatable bonds is 5. The van der Waals surface area contributed by atoms with Crippen LogP contribution < -0.4 is 4.90 Å². The van der Waals surface area contributed by atoms with E-state index in [1.807, 2.05) is 31.2 Å². The van der Waals surface area contributed by atoms with E-state index in [-0.39, 0.29) is 16.7 Å². The highest BCUT2D eigenvalue weighted by Crippen LogP contribution is 2.32. The van der Waals surface area contributed by atoms with Gasteiger partial charge < -0.3 is 9.42 Å². The molecule has 1 aromatic heterocycles. The molecule has 1 amide bonds. The van der Waals surface area contributed by atoms with Crippen LogP contribution in [0, 0.1) is 6.92 Å². The van der Waals surface area contributed by atoms with Gasteiger partial charge in [0.05, 0.1) is 10.8 Å². The lowest BCUT2D eigenvalue weighted by molar-refractivity contribution is -0.117. The maximum atomic E-state index is 12.8. The zero-order chi connectivity index (χ0) is 23.0. The smallest absolute Gasteiger partial charge is 0.243 e. The Hall–Kier alpha value is -3.04. The number of piperidine rings is 1. The standard InChI is InChI=1S/C24H26N4O4S/c1-17-5-9-20(10-6-17)28-16-19(15-22(28)29)24-25-23(26-32-24)18-7-11-21(12-8-18)33(30,31)27-13-3-2-4-14-27/h5-12,19H,2-4,13-16H2,1H3. The lowest BCUT2D eigenvalue weighted by Crippen LogP contribution is -2.35. The van der Waals surface area contributed by atoms with Crippen molar-refractivity contribution in [2.24, 2.45) is 0 Å². The van der Waals surface area contributed by atoms with Crippen molar-refractivity contribution in [3.05, 3.63) is 60.0 Å². The van der Waals surface area contributed by atoms with Gasteiger partial charge in [-0.15, -0.1) is 0 Å². The Morgan fingerprint density at radius 3 is 2.36 bits per heavy atom. The number of aromatic nitrogens is 2. The number of anilines is 1. The van der Waals surface area contributed by atoms with Gasteiger partial charge in [0.15, 0.2) is 0 Å². The number of carbonyl (C=O) groups excluding carboxylic acids is 1. The summed E-state index contributed by atoms with van der Waals surface area (Å²) >= 11 is 0. The first-order chi connectivity index (χ1) is 15.9. The third-order valence-electron chi connectivity index (χ3n) is 6.33. The Labute approximate surface area is 193 Å². The molecule has 1 atom stereocenters. The number of aryl methyl sites for hydroxylation is 1. The molecule has 2 aliphatic rings. The molecule has 0 spiro atoms. The van der Waals surface area contributed by atoms with Crippen LogP contribution in [0.2, 0.25) is 0 Å². The molecule has 0 aliphatic carbocycles. The van der Waals surface area contributed by atoms with Crippen LogP contribution in [0.4, 0.5) is 5.69 Å². The van der Waals surface area contributed by atoms with Crippen LogP contribution in [0.3, 0.4) is 0 Å². The number of amides is 1. The molecule has 3 heterocycles. The van der Waals surface area contributed by atoms with Crippen molar-refractivity contribution >= 4 is 21.6 Å². The summed E-state index contributed by atoms with van der Waals surface area (Å²) in [6.07, 6.45) is 3.17. The molecular formula is C24H26N4O4S. The summed E-state index contributed by atoms with van der Waals surface area (Å²) in [5, 5.41) is 4.07. The van der Waals surface area contributed by atoms with E-state index in [1.54, 1.807) is 33.5 Å². The minimum atomic E-state index is -3.48. The summed E-state index contributed by atoms with van der Waals surface area (Å²) in [6.45, 7) is 3.63. The van der Waals surface area contributed by atoms with Crippen LogP contribution in [0.15, 0.2) is 57.9 Å². The van der Waals surface area contributed by atoms with Crippen molar-refractivity contribution in [1.82, 2.24) is 14.4 Å². The molecule has 0 saturated carbocycles. The molecular weight excluding hydrogens is 440 g/mol. The van der Waals surface area contributed by atoms with Gasteiger partial charge in [0, 0.05) is 37.3 Å². The molecule has 3 aromatic rings. The predicted molar refractivity (Wildman–Crippen MR) is 123 cm³/mol. The summed E-state index contributed by atoms with van der Waals surface area (Å²) in [6, 6.07) is 14.4. The van der Waals surface area contributed by atoms with E-state index >= 15 is 0 Å². The summed E-state index contributed by atoms with van der Waals surface area (Å²) in [5.74, 6) is 0.640. The van der Waals surface area contributed by atoms with E-state index in [9.17, 15) is 13.2 Å². The maximum Gasteiger partial charge on any atom is 0.243 e. The average molecular weight is 467 g/mol. The molecule has 2 aliphatic heterocycles. The maximum absolute atomic E-state index is 12.8. The fraction of sp³-hybridized carbons (Fsp3) is 0.375. The second-order valence-electron chi connectivity index (χ2n) is 8.69. The lowest BCUT2D eigenvalue weighted by Gasteiger charge is -2.25. The minimum absolute atomic E-state index is 0.0240. The predicted octanol–water partition coefficient (Wildman–Crippen LogP) is 3.74. The molecule has 0 N–H and O–H groups in total. The van der Waals surface area contributed by atoms with Crippen molar-refractivity contribution in [2.75, 3.05) is 24.5 Å². The Bertz CT molecular complexity index is 1250. The molecule has 0 bridgehead atoms. The lowest BCUT2D eigenvalue weighted by atomic mass is 10.1. The van der Waals surface area contributed by atoms with E-state index < -0.39 is 10.0 Å². The van der Waals surface area contributed by atoms with E-state index in [4.69, 9.17) is 4.52 Å². The highest BCUT2D eigenvalue weighted by atomic mass is 32.2. The van der Waals surface area contributed by atoms with E-state index in [2.05, 4.69) is 10.1 Å². The third kappa shape index (κ3) is 4.30. The van der Waals surface area contributed by atoms with Gasteiger partial charge in [0.25, 0.3) is 0 Å². The van der Waals surface area contributed by atoms with E-state index in [1.165, 1.54) is 0 Å². The number of sulfonamides is 1. The van der Waals surface area contributed by atoms with E-state index in [0.29, 0.717) is 43.3 Å². The molecule has 8 nitrogen and oxygen atoms in total. The van der Waals surface area contributed by atoms with Crippen LogP contribution in [0.1, 0.15) is 43.1 Å². The minimum Gasteiger partial charge on any atom is -0.339 e. The van der Waals surface area contributed by atoms with Gasteiger partial charge in [-0.25, -0.2) is 8.42 Å². The fourth-order valence-electron chi connectivity index (χ4n) is 4.40. The van der Waals surface area contributed by atoms with Gasteiger partial charge in [0.1, 0.15) is 0 Å². The Morgan fingerprint density at radius 1 is 0.970 bits per heavy atom. The van der Waals surface area contributed by atoms with E-state index in [0.717, 1.165) is 30.5 Å². The monoisotopic (exact) mass is 466 g/mol. The van der Waals surface area contributed by atoms with Crippen LogP contribution in [0.25, 0.3) is 11.4 Å². The topological polar surface area (TPSA) is 96.6 Å². The van der Waals surface area contributed by atoms with Gasteiger partial charge in [-0.1, -0.05) is 29.3 Å². The van der Waals surface area contributed by atoms with Crippen LogP contribution in [-0.4, -0.2) is 48.4 Å². The Balaban J connectivity index is 1.31. The molecule has 9 heteroatoms. The van der Waals surface area contributed by atoms with Crippen LogP contribution >= 0.6 is 0 Å². The van der Waals surface area contributed by atoms with Crippen molar-refractivity contribution in [3.63, 3.8) is 0 Å². The number of hydrogen-bond acceptors (Lipinski definition) is 6. The zero-order valence-corrected chi connectivity index (χ0v) is 19.3. The average Bonchev–Trinajstić information content (AvgIpc) is 3.47. The van der Waals surface area contributed by atoms with Gasteiger partial charge in [-0.2, -0.15) is 9.29 Å². The SMILES string of the molecule is Cc1ccc(N2CC(c3nc(-c4ccc(S(=O)(=O)N5CCCCC5)cc4)no3)CC2=O)cc1. The first kappa shape index (κ1) is 21.8. The molecule has 2 saturated heterocycles. The second kappa shape index (κ2) is 8.72. The zero-order valence-electron chi connectivity index (χ0n) is 18.5. The summed E-state index contributed by atoms with van der Waals surface area (Å²) in [5.41, 5.74) is 2.67. The molecule has 33 heavy (non-hydrogen) atoms. The van der Waals surface area contributed by atoms with Crippen molar-refractivity contribution in [2.45, 2.75) is 43.4 Å². The molecule has 5 rings (SSSR count). The van der Waals surface area contributed by atoms with Gasteiger partial charge in [-0.3, -0.25) is 4.79 Å². The normalized spacial score (nSPS) is 19.8. The largest absolute Gasteiger partial charge is 0.339 e. The highest BCUT2D eigenvalue weighted by molar-refractivity contribution is 7.89. The Morgan fingerprint density at radius 2 is 1.67 bits per heavy atom. The quantitative estimate of drug-likeness (QED) is 0.568. The summed E-state index contributed by atoms with van der Waals surface area (Å²) in [7, 11) is -3.48. The number of carbonyl (C=O) groups is 1. The number of hydrogen-bond donors (Lipinski definition) is 0. The fourth-order valence-corrected chi connectivity index (χ4v) is 5.91. The van der Waals surface area contributed by atoms with Crippen LogP contribution in [-0.2, 0) is 14.8 Å². The summed E-state index contributed by atoms with van der Waals surface area (Å²) < 4.78 is 32.7. The molecule has 172 valence electrons. The highest BCUT2D eigenvalue weighted by Gasteiger charge is 2.35. The molecule has 1 unspecified atom stereocenters. The first-order valence-corrected chi connectivity index (χ1v) is 12.7. The molecule has 2 aromatic carbocycles. The van der Waals surface area contributed by atoms with Crippen molar-refractivity contribution in [1.29, 1.82) is 0 Å². The van der Waals surface area contributed by atoms with Crippen LogP contribution in [0.5, 0.6) is 0 Å². The van der Waals surface area contributed by atoms with Gasteiger partial charge >= 0.3 is 0 Å². The third-order valence-corrected chi connectivity index (χ3v) is 8.24. The summed E-state index contributed by atoms with van der Waals surface area (Å²) in [4.78, 5) is 19.1. The Kier molecular flexibility index (Phi) is 5.76. The van der Waals surface area contributed by atoms with Gasteiger partial charge in [-0.05, 0) is 56.2 Å².